The molecule has 0 unspecified atom stereocenters. The summed E-state index contributed by atoms with van der Waals surface area (Å²) in [5.41, 5.74) is 5.68. The zero-order chi connectivity index (χ0) is 29.2. The molecule has 208 valence electrons. The Morgan fingerprint density at radius 1 is 0.878 bits per heavy atom. The second-order valence-electron chi connectivity index (χ2n) is 9.46. The lowest BCUT2D eigenvalue weighted by Crippen LogP contribution is -2.13. The highest BCUT2D eigenvalue weighted by Crippen LogP contribution is 2.35. The van der Waals surface area contributed by atoms with Gasteiger partial charge in [-0.05, 0) is 103 Å². The van der Waals surface area contributed by atoms with E-state index in [0.717, 1.165) is 20.3 Å². The summed E-state index contributed by atoms with van der Waals surface area (Å²) in [5.74, 6) is 1.35. The van der Waals surface area contributed by atoms with Gasteiger partial charge in [0.05, 0.1) is 10.2 Å². The Kier molecular flexibility index (Phi) is 10.4. The highest BCUT2D eigenvalue weighted by atomic mass is 127. The number of nitrogens with one attached hydrogen (secondary N) is 1. The molecule has 4 aromatic carbocycles. The molecule has 0 bridgehead atoms. The second-order valence-corrected chi connectivity index (χ2v) is 10.6. The number of anilines is 1. The minimum atomic E-state index is -0.506. The summed E-state index contributed by atoms with van der Waals surface area (Å²) in [6.45, 7) is 7.27. The molecule has 41 heavy (non-hydrogen) atoms. The molecule has 0 aliphatic rings. The van der Waals surface area contributed by atoms with Crippen molar-refractivity contribution in [1.29, 1.82) is 5.26 Å². The van der Waals surface area contributed by atoms with Crippen LogP contribution in [0.4, 0.5) is 5.69 Å². The van der Waals surface area contributed by atoms with Gasteiger partial charge in [0.25, 0.3) is 5.91 Å². The van der Waals surface area contributed by atoms with Crippen LogP contribution in [0.2, 0.25) is 0 Å². The van der Waals surface area contributed by atoms with E-state index in [1.807, 2.05) is 75.4 Å². The normalized spacial score (nSPS) is 11.0. The molecular formula is C34H31IN2O4. The number of carbonyl (C=O) groups excluding carboxylic acids is 1. The van der Waals surface area contributed by atoms with Gasteiger partial charge in [-0.2, -0.15) is 5.26 Å². The third kappa shape index (κ3) is 8.60. The molecule has 0 aliphatic heterocycles. The molecule has 0 fully saturated rings. The average Bonchev–Trinajstić information content (AvgIpc) is 2.96. The van der Waals surface area contributed by atoms with Gasteiger partial charge in [-0.1, -0.05) is 59.7 Å². The van der Waals surface area contributed by atoms with Gasteiger partial charge in [0.1, 0.15) is 30.6 Å². The van der Waals surface area contributed by atoms with Crippen molar-refractivity contribution in [3.8, 4) is 23.3 Å². The first-order chi connectivity index (χ1) is 19.8. The van der Waals surface area contributed by atoms with Crippen molar-refractivity contribution in [3.63, 3.8) is 0 Å². The Morgan fingerprint density at radius 2 is 1.61 bits per heavy atom. The zero-order valence-electron chi connectivity index (χ0n) is 23.2. The Morgan fingerprint density at radius 3 is 2.29 bits per heavy atom. The standard InChI is InChI=1S/C34H31IN2O4/c1-4-39-32-19-27(18-31(35)33(32)41-22-26-7-5-6-24(3)16-26)17-28(20-36)34(38)37-29-12-14-30(15-13-29)40-21-25-10-8-23(2)9-11-25/h5-19H,4,21-22H2,1-3H3,(H,37,38)/b28-17+. The number of nitriles is 1. The largest absolute Gasteiger partial charge is 0.490 e. The minimum Gasteiger partial charge on any atom is -0.490 e. The molecule has 0 saturated carbocycles. The number of benzene rings is 4. The Labute approximate surface area is 254 Å². The van der Waals surface area contributed by atoms with Crippen LogP contribution in [0.15, 0.2) is 90.5 Å². The van der Waals surface area contributed by atoms with E-state index >= 15 is 0 Å². The lowest BCUT2D eigenvalue weighted by molar-refractivity contribution is -0.112. The van der Waals surface area contributed by atoms with Gasteiger partial charge in [-0.25, -0.2) is 0 Å². The minimum absolute atomic E-state index is 0.0311. The number of hydrogen-bond donors (Lipinski definition) is 1. The number of carbonyl (C=O) groups is 1. The summed E-state index contributed by atoms with van der Waals surface area (Å²) >= 11 is 2.18. The Hall–Kier alpha value is -4.29. The maximum atomic E-state index is 12.9. The highest BCUT2D eigenvalue weighted by Gasteiger charge is 2.15. The van der Waals surface area contributed by atoms with Gasteiger partial charge >= 0.3 is 0 Å². The molecule has 7 heteroatoms. The van der Waals surface area contributed by atoms with Crippen molar-refractivity contribution in [1.82, 2.24) is 0 Å². The van der Waals surface area contributed by atoms with E-state index in [2.05, 4.69) is 34.0 Å². The molecule has 4 rings (SSSR count). The van der Waals surface area contributed by atoms with Crippen molar-refractivity contribution >= 4 is 40.3 Å². The fraction of sp³-hybridized carbons (Fsp3) is 0.176. The maximum absolute atomic E-state index is 12.9. The quantitative estimate of drug-likeness (QED) is 0.100. The van der Waals surface area contributed by atoms with E-state index in [1.165, 1.54) is 5.56 Å². The van der Waals surface area contributed by atoms with Crippen LogP contribution in [-0.2, 0) is 18.0 Å². The summed E-state index contributed by atoms with van der Waals surface area (Å²) in [5, 5.41) is 12.5. The zero-order valence-corrected chi connectivity index (χ0v) is 25.4. The first kappa shape index (κ1) is 29.7. The van der Waals surface area contributed by atoms with E-state index in [9.17, 15) is 10.1 Å². The molecule has 6 nitrogen and oxygen atoms in total. The van der Waals surface area contributed by atoms with E-state index in [4.69, 9.17) is 14.2 Å². The number of nitrogens with zero attached hydrogens (tertiary/aromatic N) is 1. The van der Waals surface area contributed by atoms with Crippen LogP contribution in [0.1, 0.15) is 34.7 Å². The monoisotopic (exact) mass is 658 g/mol. The number of aryl methyl sites for hydroxylation is 2. The number of halogens is 1. The molecule has 1 amide bonds. The van der Waals surface area contributed by atoms with Gasteiger partial charge in [-0.3, -0.25) is 4.79 Å². The molecular weight excluding hydrogens is 627 g/mol. The maximum Gasteiger partial charge on any atom is 0.266 e. The lowest BCUT2D eigenvalue weighted by Gasteiger charge is -2.15. The third-order valence-electron chi connectivity index (χ3n) is 6.11. The van der Waals surface area contributed by atoms with Crippen LogP contribution in [0, 0.1) is 28.7 Å². The fourth-order valence-electron chi connectivity index (χ4n) is 4.03. The fourth-order valence-corrected chi connectivity index (χ4v) is 4.81. The van der Waals surface area contributed by atoms with E-state index in [1.54, 1.807) is 36.4 Å². The summed E-state index contributed by atoms with van der Waals surface area (Å²) < 4.78 is 18.6. The average molecular weight is 659 g/mol. The van der Waals surface area contributed by atoms with E-state index in [-0.39, 0.29) is 5.57 Å². The summed E-state index contributed by atoms with van der Waals surface area (Å²) in [7, 11) is 0. The van der Waals surface area contributed by atoms with Crippen LogP contribution in [0.25, 0.3) is 6.08 Å². The number of amides is 1. The Bertz CT molecular complexity index is 1570. The summed E-state index contributed by atoms with van der Waals surface area (Å²) in [4.78, 5) is 12.9. The predicted molar refractivity (Wildman–Crippen MR) is 170 cm³/mol. The molecule has 0 saturated heterocycles. The predicted octanol–water partition coefficient (Wildman–Crippen LogP) is 8.01. The van der Waals surface area contributed by atoms with Gasteiger partial charge in [-0.15, -0.1) is 0 Å². The van der Waals surface area contributed by atoms with Crippen LogP contribution in [0.5, 0.6) is 17.2 Å². The van der Waals surface area contributed by atoms with Crippen molar-refractivity contribution in [2.45, 2.75) is 34.0 Å². The highest BCUT2D eigenvalue weighted by molar-refractivity contribution is 14.1. The first-order valence-corrected chi connectivity index (χ1v) is 14.3. The lowest BCUT2D eigenvalue weighted by atomic mass is 10.1. The smallest absolute Gasteiger partial charge is 0.266 e. The number of hydrogen-bond acceptors (Lipinski definition) is 5. The van der Waals surface area contributed by atoms with E-state index < -0.39 is 5.91 Å². The SMILES string of the molecule is CCOc1cc(/C=C(\C#N)C(=O)Nc2ccc(OCc3ccc(C)cc3)cc2)cc(I)c1OCc1cccc(C)c1. The third-order valence-corrected chi connectivity index (χ3v) is 6.91. The van der Waals surface area contributed by atoms with Crippen molar-refractivity contribution in [3.05, 3.63) is 122 Å². The van der Waals surface area contributed by atoms with Gasteiger partial charge < -0.3 is 19.5 Å². The van der Waals surface area contributed by atoms with Gasteiger partial charge in [0.2, 0.25) is 0 Å². The van der Waals surface area contributed by atoms with Gasteiger partial charge in [0, 0.05) is 5.69 Å². The molecule has 0 aliphatic carbocycles. The van der Waals surface area contributed by atoms with Crippen molar-refractivity contribution < 1.29 is 19.0 Å². The number of rotatable bonds is 11. The first-order valence-electron chi connectivity index (χ1n) is 13.2. The summed E-state index contributed by atoms with van der Waals surface area (Å²) in [6.07, 6.45) is 1.55. The van der Waals surface area contributed by atoms with Crippen LogP contribution in [0.3, 0.4) is 0 Å². The van der Waals surface area contributed by atoms with Crippen LogP contribution >= 0.6 is 22.6 Å². The molecule has 0 spiro atoms. The molecule has 0 aromatic heterocycles. The van der Waals surface area contributed by atoms with Gasteiger partial charge in [0.15, 0.2) is 11.5 Å². The molecule has 4 aromatic rings. The van der Waals surface area contributed by atoms with Crippen LogP contribution in [-0.4, -0.2) is 12.5 Å². The molecule has 0 atom stereocenters. The van der Waals surface area contributed by atoms with Crippen molar-refractivity contribution in [2.75, 3.05) is 11.9 Å². The molecule has 0 radical (unpaired) electrons. The van der Waals surface area contributed by atoms with Crippen molar-refractivity contribution in [2.24, 2.45) is 0 Å². The topological polar surface area (TPSA) is 80.6 Å². The van der Waals surface area contributed by atoms with E-state index in [0.29, 0.717) is 48.3 Å². The Balaban J connectivity index is 1.43. The molecule has 0 heterocycles. The molecule has 1 N–H and O–H groups in total. The number of ether oxygens (including phenoxy) is 3. The van der Waals surface area contributed by atoms with Crippen LogP contribution < -0.4 is 19.5 Å². The second kappa shape index (κ2) is 14.4. The summed E-state index contributed by atoms with van der Waals surface area (Å²) in [6, 6.07) is 29.0.